The zero-order valence-corrected chi connectivity index (χ0v) is 14.0. The summed E-state index contributed by atoms with van der Waals surface area (Å²) in [5, 5.41) is 31.4. The van der Waals surface area contributed by atoms with E-state index in [2.05, 4.69) is 13.8 Å². The summed E-state index contributed by atoms with van der Waals surface area (Å²) in [5.74, 6) is 2.36. The molecule has 0 amide bonds. The number of aliphatic hydroxyl groups is 3. The Labute approximate surface area is 134 Å². The van der Waals surface area contributed by atoms with E-state index in [1.807, 2.05) is 0 Å². The first-order valence-electron chi connectivity index (χ1n) is 9.41. The van der Waals surface area contributed by atoms with Crippen LogP contribution in [-0.4, -0.2) is 33.6 Å². The van der Waals surface area contributed by atoms with Gasteiger partial charge in [-0.2, -0.15) is 0 Å². The molecule has 0 saturated heterocycles. The lowest BCUT2D eigenvalue weighted by Gasteiger charge is -2.61. The highest BCUT2D eigenvalue weighted by atomic mass is 16.3. The van der Waals surface area contributed by atoms with Crippen LogP contribution in [0.2, 0.25) is 0 Å². The number of hydrogen-bond donors (Lipinski definition) is 3. The molecule has 4 fully saturated rings. The molecule has 0 aromatic heterocycles. The first kappa shape index (κ1) is 15.4. The van der Waals surface area contributed by atoms with Crippen molar-refractivity contribution in [2.45, 2.75) is 83.5 Å². The normalized spacial score (nSPS) is 61.2. The van der Waals surface area contributed by atoms with Crippen molar-refractivity contribution in [3.8, 4) is 0 Å². The molecule has 4 aliphatic rings. The maximum atomic E-state index is 10.9. The van der Waals surface area contributed by atoms with Gasteiger partial charge in [-0.1, -0.05) is 13.8 Å². The Balaban J connectivity index is 1.66. The fourth-order valence-corrected chi connectivity index (χ4v) is 7.19. The molecular formula is C19H32O3. The molecule has 22 heavy (non-hydrogen) atoms. The fraction of sp³-hybridized carbons (Fsp3) is 1.00. The third-order valence-corrected chi connectivity index (χ3v) is 8.70. The number of aliphatic hydroxyl groups excluding tert-OH is 3. The standard InChI is InChI=1S/C19H32O3/c1-18-8-7-12(20)9-11(18)3-4-13-14-5-6-16(21)19(14,2)17(22)10-15(13)18/h11-17,20-22H,3-10H2,1-2H3/t11-,12-,13-,14-,15-,16-,17-,18-,19-/m0/s1. The minimum Gasteiger partial charge on any atom is -0.393 e. The van der Waals surface area contributed by atoms with E-state index in [0.717, 1.165) is 38.5 Å². The molecule has 0 bridgehead atoms. The molecule has 0 aliphatic heterocycles. The van der Waals surface area contributed by atoms with Crippen LogP contribution in [0.4, 0.5) is 0 Å². The van der Waals surface area contributed by atoms with Crippen molar-refractivity contribution in [2.24, 2.45) is 34.5 Å². The minimum atomic E-state index is -0.362. The van der Waals surface area contributed by atoms with Gasteiger partial charge in [0.15, 0.2) is 0 Å². The van der Waals surface area contributed by atoms with Crippen LogP contribution in [0.15, 0.2) is 0 Å². The van der Waals surface area contributed by atoms with Crippen molar-refractivity contribution >= 4 is 0 Å². The van der Waals surface area contributed by atoms with E-state index in [-0.39, 0.29) is 29.1 Å². The molecule has 4 rings (SSSR count). The number of hydrogen-bond acceptors (Lipinski definition) is 3. The highest BCUT2D eigenvalue weighted by Crippen LogP contribution is 2.66. The minimum absolute atomic E-state index is 0.110. The maximum absolute atomic E-state index is 10.9. The number of fused-ring (bicyclic) bond motifs is 5. The quantitative estimate of drug-likeness (QED) is 0.645. The van der Waals surface area contributed by atoms with E-state index >= 15 is 0 Å². The molecule has 3 heteroatoms. The Morgan fingerprint density at radius 1 is 0.773 bits per heavy atom. The van der Waals surface area contributed by atoms with Crippen molar-refractivity contribution in [3.05, 3.63) is 0 Å². The van der Waals surface area contributed by atoms with Crippen LogP contribution < -0.4 is 0 Å². The predicted molar refractivity (Wildman–Crippen MR) is 85.1 cm³/mol. The highest BCUT2D eigenvalue weighted by molar-refractivity contribution is 5.12. The summed E-state index contributed by atoms with van der Waals surface area (Å²) < 4.78 is 0. The van der Waals surface area contributed by atoms with E-state index in [4.69, 9.17) is 0 Å². The molecule has 4 aliphatic carbocycles. The number of rotatable bonds is 0. The zero-order valence-electron chi connectivity index (χ0n) is 14.0. The van der Waals surface area contributed by atoms with Gasteiger partial charge in [0, 0.05) is 5.41 Å². The van der Waals surface area contributed by atoms with Crippen LogP contribution in [0.3, 0.4) is 0 Å². The van der Waals surface area contributed by atoms with Crippen LogP contribution in [0, 0.1) is 34.5 Å². The van der Waals surface area contributed by atoms with Crippen LogP contribution in [0.1, 0.15) is 65.2 Å². The second-order valence-corrected chi connectivity index (χ2v) is 9.30. The molecule has 0 spiro atoms. The summed E-state index contributed by atoms with van der Waals surface area (Å²) in [4.78, 5) is 0. The van der Waals surface area contributed by atoms with E-state index in [1.165, 1.54) is 12.8 Å². The van der Waals surface area contributed by atoms with Gasteiger partial charge in [0.2, 0.25) is 0 Å². The van der Waals surface area contributed by atoms with E-state index in [9.17, 15) is 15.3 Å². The molecule has 0 heterocycles. The maximum Gasteiger partial charge on any atom is 0.0624 e. The van der Waals surface area contributed by atoms with Gasteiger partial charge in [0.05, 0.1) is 18.3 Å². The highest BCUT2D eigenvalue weighted by Gasteiger charge is 2.63. The molecule has 0 aromatic rings. The second-order valence-electron chi connectivity index (χ2n) is 9.30. The van der Waals surface area contributed by atoms with Crippen molar-refractivity contribution < 1.29 is 15.3 Å². The summed E-state index contributed by atoms with van der Waals surface area (Å²) in [7, 11) is 0. The van der Waals surface area contributed by atoms with Gasteiger partial charge in [-0.3, -0.25) is 0 Å². The third kappa shape index (κ3) is 1.85. The van der Waals surface area contributed by atoms with Gasteiger partial charge < -0.3 is 15.3 Å². The molecule has 0 radical (unpaired) electrons. The van der Waals surface area contributed by atoms with Gasteiger partial charge in [-0.25, -0.2) is 0 Å². The summed E-state index contributed by atoms with van der Waals surface area (Å²) in [6.45, 7) is 4.57. The van der Waals surface area contributed by atoms with Gasteiger partial charge in [0.25, 0.3) is 0 Å². The smallest absolute Gasteiger partial charge is 0.0624 e. The van der Waals surface area contributed by atoms with E-state index < -0.39 is 0 Å². The van der Waals surface area contributed by atoms with Crippen molar-refractivity contribution in [3.63, 3.8) is 0 Å². The van der Waals surface area contributed by atoms with Crippen molar-refractivity contribution in [2.75, 3.05) is 0 Å². The van der Waals surface area contributed by atoms with Crippen LogP contribution in [0.5, 0.6) is 0 Å². The zero-order chi connectivity index (χ0) is 15.7. The van der Waals surface area contributed by atoms with Crippen LogP contribution in [0.25, 0.3) is 0 Å². The van der Waals surface area contributed by atoms with Crippen molar-refractivity contribution in [1.82, 2.24) is 0 Å². The lowest BCUT2D eigenvalue weighted by Crippen LogP contribution is -2.59. The summed E-state index contributed by atoms with van der Waals surface area (Å²) in [5.41, 5.74) is 0.0105. The van der Waals surface area contributed by atoms with Gasteiger partial charge in [-0.05, 0) is 80.5 Å². The molecule has 3 nitrogen and oxygen atoms in total. The summed E-state index contributed by atoms with van der Waals surface area (Å²) in [6, 6.07) is 0. The molecule has 3 N–H and O–H groups in total. The van der Waals surface area contributed by atoms with Gasteiger partial charge in [-0.15, -0.1) is 0 Å². The Morgan fingerprint density at radius 3 is 2.32 bits per heavy atom. The van der Waals surface area contributed by atoms with Crippen LogP contribution in [-0.2, 0) is 0 Å². The fourth-order valence-electron chi connectivity index (χ4n) is 7.19. The lowest BCUT2D eigenvalue weighted by atomic mass is 9.44. The van der Waals surface area contributed by atoms with Gasteiger partial charge in [0.1, 0.15) is 0 Å². The molecule has 0 aromatic carbocycles. The molecule has 0 unspecified atom stereocenters. The lowest BCUT2D eigenvalue weighted by molar-refractivity contribution is -0.180. The Hall–Kier alpha value is -0.120. The molecule has 126 valence electrons. The second kappa shape index (κ2) is 4.94. The predicted octanol–water partition coefficient (Wildman–Crippen LogP) is 2.72. The van der Waals surface area contributed by atoms with Gasteiger partial charge >= 0.3 is 0 Å². The van der Waals surface area contributed by atoms with E-state index in [0.29, 0.717) is 23.7 Å². The van der Waals surface area contributed by atoms with Crippen molar-refractivity contribution in [1.29, 1.82) is 0 Å². The van der Waals surface area contributed by atoms with Crippen LogP contribution >= 0.6 is 0 Å². The first-order valence-corrected chi connectivity index (χ1v) is 9.41. The SMILES string of the molecule is C[C@]12CC[C@H](O)C[C@@H]1CC[C@@H]1[C@@H]2C[C@H](O)[C@]2(C)[C@@H](O)CC[C@@H]12. The summed E-state index contributed by atoms with van der Waals surface area (Å²) >= 11 is 0. The topological polar surface area (TPSA) is 60.7 Å². The average molecular weight is 308 g/mol. The Bertz CT molecular complexity index is 452. The first-order chi connectivity index (χ1) is 10.4. The average Bonchev–Trinajstić information content (AvgIpc) is 2.79. The Kier molecular flexibility index (Phi) is 3.46. The molecular weight excluding hydrogens is 276 g/mol. The molecule has 4 saturated carbocycles. The summed E-state index contributed by atoms with van der Waals surface area (Å²) in [6.07, 6.45) is 7.46. The van der Waals surface area contributed by atoms with E-state index in [1.54, 1.807) is 0 Å². The Morgan fingerprint density at radius 2 is 1.55 bits per heavy atom. The monoisotopic (exact) mass is 308 g/mol. The largest absolute Gasteiger partial charge is 0.393 e. The third-order valence-electron chi connectivity index (χ3n) is 8.70. The molecule has 9 atom stereocenters.